The van der Waals surface area contributed by atoms with E-state index in [4.69, 9.17) is 16.3 Å². The van der Waals surface area contributed by atoms with E-state index in [0.717, 1.165) is 32.4 Å². The standard InChI is InChI=1S/C18H24ClN3O3/c1-22(2)16(23)11-25-15-4-3-12(9-14(15)19)21-17(24)13-10-18(13)5-7-20-8-6-18/h3-4,9,13,20H,5-8,10-11H2,1-2H3,(H,21,24). The van der Waals surface area contributed by atoms with Gasteiger partial charge in [0.2, 0.25) is 5.91 Å². The van der Waals surface area contributed by atoms with Crippen molar-refractivity contribution in [3.8, 4) is 5.75 Å². The van der Waals surface area contributed by atoms with E-state index in [1.165, 1.54) is 4.90 Å². The van der Waals surface area contributed by atoms with Crippen LogP contribution in [0, 0.1) is 11.3 Å². The van der Waals surface area contributed by atoms with E-state index in [-0.39, 0.29) is 29.8 Å². The van der Waals surface area contributed by atoms with Crippen LogP contribution in [0.4, 0.5) is 5.69 Å². The number of halogens is 1. The third-order valence-electron chi connectivity index (χ3n) is 5.15. The van der Waals surface area contributed by atoms with Gasteiger partial charge in [-0.2, -0.15) is 0 Å². The zero-order valence-electron chi connectivity index (χ0n) is 14.6. The Morgan fingerprint density at radius 1 is 1.36 bits per heavy atom. The van der Waals surface area contributed by atoms with Gasteiger partial charge >= 0.3 is 0 Å². The second-order valence-corrected chi connectivity index (χ2v) is 7.49. The predicted octanol–water partition coefficient (Wildman–Crippen LogP) is 2.14. The van der Waals surface area contributed by atoms with Crippen LogP contribution < -0.4 is 15.4 Å². The van der Waals surface area contributed by atoms with Crippen molar-refractivity contribution in [3.63, 3.8) is 0 Å². The number of ether oxygens (including phenoxy) is 1. The predicted molar refractivity (Wildman–Crippen MR) is 96.9 cm³/mol. The Balaban J connectivity index is 1.56. The number of amides is 2. The molecule has 1 saturated heterocycles. The molecule has 136 valence electrons. The van der Waals surface area contributed by atoms with Crippen molar-refractivity contribution < 1.29 is 14.3 Å². The van der Waals surface area contributed by atoms with Crippen LogP contribution in [0.5, 0.6) is 5.75 Å². The first kappa shape index (κ1) is 18.0. The smallest absolute Gasteiger partial charge is 0.259 e. The lowest BCUT2D eigenvalue weighted by Gasteiger charge is -2.23. The number of carbonyl (C=O) groups is 2. The summed E-state index contributed by atoms with van der Waals surface area (Å²) in [7, 11) is 3.33. The summed E-state index contributed by atoms with van der Waals surface area (Å²) in [4.78, 5) is 25.5. The molecular formula is C18H24ClN3O3. The Morgan fingerprint density at radius 2 is 2.08 bits per heavy atom. The van der Waals surface area contributed by atoms with E-state index in [9.17, 15) is 9.59 Å². The van der Waals surface area contributed by atoms with Gasteiger partial charge in [0.05, 0.1) is 5.02 Å². The number of likely N-dealkylation sites (N-methyl/N-ethyl adjacent to an activating group) is 1. The lowest BCUT2D eigenvalue weighted by molar-refractivity contribution is -0.130. The van der Waals surface area contributed by atoms with Crippen LogP contribution >= 0.6 is 11.6 Å². The minimum Gasteiger partial charge on any atom is -0.482 e. The summed E-state index contributed by atoms with van der Waals surface area (Å²) in [5.41, 5.74) is 0.853. The highest BCUT2D eigenvalue weighted by Gasteiger charge is 2.57. The van der Waals surface area contributed by atoms with E-state index in [2.05, 4.69) is 10.6 Å². The first-order valence-corrected chi connectivity index (χ1v) is 8.93. The fourth-order valence-corrected chi connectivity index (χ4v) is 3.62. The third-order valence-corrected chi connectivity index (χ3v) is 5.45. The van der Waals surface area contributed by atoms with Crippen LogP contribution in [-0.4, -0.2) is 50.5 Å². The van der Waals surface area contributed by atoms with Gasteiger partial charge in [0.25, 0.3) is 5.91 Å². The van der Waals surface area contributed by atoms with Gasteiger partial charge in [-0.05, 0) is 56.0 Å². The highest BCUT2D eigenvalue weighted by molar-refractivity contribution is 6.32. The fourth-order valence-electron chi connectivity index (χ4n) is 3.39. The van der Waals surface area contributed by atoms with Gasteiger partial charge < -0.3 is 20.3 Å². The van der Waals surface area contributed by atoms with Crippen molar-refractivity contribution >= 4 is 29.1 Å². The zero-order chi connectivity index (χ0) is 18.0. The van der Waals surface area contributed by atoms with Crippen molar-refractivity contribution in [1.82, 2.24) is 10.2 Å². The topological polar surface area (TPSA) is 70.7 Å². The molecular weight excluding hydrogens is 342 g/mol. The first-order chi connectivity index (χ1) is 11.9. The Labute approximate surface area is 152 Å². The van der Waals surface area contributed by atoms with Gasteiger partial charge in [-0.15, -0.1) is 0 Å². The average Bonchev–Trinajstić information content (AvgIpc) is 3.27. The Morgan fingerprint density at radius 3 is 2.72 bits per heavy atom. The Kier molecular flexibility index (Phi) is 5.20. The van der Waals surface area contributed by atoms with E-state index in [0.29, 0.717) is 16.5 Å². The third kappa shape index (κ3) is 4.07. The number of hydrogen-bond acceptors (Lipinski definition) is 4. The van der Waals surface area contributed by atoms with E-state index in [1.54, 1.807) is 32.3 Å². The lowest BCUT2D eigenvalue weighted by Crippen LogP contribution is -2.31. The quantitative estimate of drug-likeness (QED) is 0.838. The molecule has 6 nitrogen and oxygen atoms in total. The maximum atomic E-state index is 12.5. The fraction of sp³-hybridized carbons (Fsp3) is 0.556. The second kappa shape index (κ2) is 7.22. The highest BCUT2D eigenvalue weighted by atomic mass is 35.5. The molecule has 1 aromatic rings. The number of benzene rings is 1. The number of nitrogens with one attached hydrogen (secondary N) is 2. The number of carbonyl (C=O) groups excluding carboxylic acids is 2. The summed E-state index contributed by atoms with van der Waals surface area (Å²) in [6.45, 7) is 1.91. The minimum absolute atomic E-state index is 0.0643. The molecule has 7 heteroatoms. The van der Waals surface area contributed by atoms with E-state index in [1.807, 2.05) is 0 Å². The molecule has 1 saturated carbocycles. The SMILES string of the molecule is CN(C)C(=O)COc1ccc(NC(=O)C2CC23CCNCC3)cc1Cl. The summed E-state index contributed by atoms with van der Waals surface area (Å²) in [6, 6.07) is 5.08. The molecule has 1 aliphatic heterocycles. The number of piperidine rings is 1. The molecule has 1 aliphatic carbocycles. The average molecular weight is 366 g/mol. The molecule has 1 spiro atoms. The van der Waals surface area contributed by atoms with Crippen molar-refractivity contribution in [1.29, 1.82) is 0 Å². The van der Waals surface area contributed by atoms with Crippen LogP contribution in [0.25, 0.3) is 0 Å². The summed E-state index contributed by atoms with van der Waals surface area (Å²) >= 11 is 6.20. The molecule has 3 rings (SSSR count). The summed E-state index contributed by atoms with van der Waals surface area (Å²) in [5, 5.41) is 6.66. The van der Waals surface area contributed by atoms with Gasteiger partial charge in [-0.25, -0.2) is 0 Å². The van der Waals surface area contributed by atoms with Crippen LogP contribution in [0.1, 0.15) is 19.3 Å². The van der Waals surface area contributed by atoms with Gasteiger partial charge in [0.1, 0.15) is 5.75 Å². The monoisotopic (exact) mass is 365 g/mol. The highest BCUT2D eigenvalue weighted by Crippen LogP contribution is 2.58. The normalized spacial score (nSPS) is 20.8. The number of rotatable bonds is 5. The molecule has 1 unspecified atom stereocenters. The van der Waals surface area contributed by atoms with E-state index >= 15 is 0 Å². The van der Waals surface area contributed by atoms with Gasteiger partial charge in [-0.1, -0.05) is 11.6 Å². The molecule has 2 fully saturated rings. The van der Waals surface area contributed by atoms with Gasteiger partial charge in [0.15, 0.2) is 6.61 Å². The van der Waals surface area contributed by atoms with Crippen LogP contribution in [0.3, 0.4) is 0 Å². The van der Waals surface area contributed by atoms with Crippen molar-refractivity contribution in [3.05, 3.63) is 23.2 Å². The van der Waals surface area contributed by atoms with Crippen molar-refractivity contribution in [2.24, 2.45) is 11.3 Å². The number of hydrogen-bond donors (Lipinski definition) is 2. The van der Waals surface area contributed by atoms with Crippen LogP contribution in [0.15, 0.2) is 18.2 Å². The number of anilines is 1. The van der Waals surface area contributed by atoms with Crippen LogP contribution in [0.2, 0.25) is 5.02 Å². The molecule has 0 bridgehead atoms. The maximum Gasteiger partial charge on any atom is 0.259 e. The second-order valence-electron chi connectivity index (χ2n) is 7.08. The molecule has 1 atom stereocenters. The van der Waals surface area contributed by atoms with Crippen molar-refractivity contribution in [2.45, 2.75) is 19.3 Å². The zero-order valence-corrected chi connectivity index (χ0v) is 15.4. The molecule has 1 aromatic carbocycles. The summed E-state index contributed by atoms with van der Waals surface area (Å²) in [6.07, 6.45) is 3.11. The molecule has 0 aromatic heterocycles. The first-order valence-electron chi connectivity index (χ1n) is 8.55. The molecule has 1 heterocycles. The molecule has 2 N–H and O–H groups in total. The lowest BCUT2D eigenvalue weighted by atomic mass is 9.92. The van der Waals surface area contributed by atoms with Crippen molar-refractivity contribution in [2.75, 3.05) is 39.1 Å². The maximum absolute atomic E-state index is 12.5. The minimum atomic E-state index is -0.144. The van der Waals surface area contributed by atoms with Gasteiger partial charge in [0, 0.05) is 25.7 Å². The summed E-state index contributed by atoms with van der Waals surface area (Å²) < 4.78 is 5.43. The van der Waals surface area contributed by atoms with Gasteiger partial charge in [-0.3, -0.25) is 9.59 Å². The number of nitrogens with zero attached hydrogens (tertiary/aromatic N) is 1. The molecule has 2 aliphatic rings. The molecule has 2 amide bonds. The van der Waals surface area contributed by atoms with Crippen LogP contribution in [-0.2, 0) is 9.59 Å². The molecule has 0 radical (unpaired) electrons. The van der Waals surface area contributed by atoms with E-state index < -0.39 is 0 Å². The molecule has 25 heavy (non-hydrogen) atoms. The Bertz CT molecular complexity index is 672. The Hall–Kier alpha value is -1.79. The largest absolute Gasteiger partial charge is 0.482 e. The summed E-state index contributed by atoms with van der Waals surface area (Å²) in [5.74, 6) is 0.446.